The minimum Gasteiger partial charge on any atom is -0.394 e. The molecule has 0 aliphatic carbocycles. The Kier molecular flexibility index (Phi) is 25.2. The highest BCUT2D eigenvalue weighted by Crippen LogP contribution is 2.39. The first-order chi connectivity index (χ1) is 38.2. The van der Waals surface area contributed by atoms with Crippen LogP contribution in [0.3, 0.4) is 0 Å². The lowest BCUT2D eigenvalue weighted by Crippen LogP contribution is -2.67. The molecule has 0 saturated carbocycles. The molecule has 0 radical (unpaired) electrons. The van der Waals surface area contributed by atoms with Crippen LogP contribution in [0.5, 0.6) is 0 Å². The largest absolute Gasteiger partial charge is 0.469 e. The number of hydrogen-bond donors (Lipinski definition) is 21. The summed E-state index contributed by atoms with van der Waals surface area (Å²) in [6.45, 7) is -4.91. The lowest BCUT2D eigenvalue weighted by atomic mass is 9.96. The number of phosphoric ester groups is 1. The number of nitrogens with one attached hydrogen (secondary N) is 2. The molecule has 0 aromatic carbocycles. The minimum atomic E-state index is -5.23. The van der Waals surface area contributed by atoms with E-state index in [0.29, 0.717) is 0 Å². The molecule has 38 nitrogen and oxygen atoms in total. The second kappa shape index (κ2) is 30.0. The Labute approximate surface area is 457 Å². The van der Waals surface area contributed by atoms with Crippen LogP contribution in [0.25, 0.3) is 0 Å². The summed E-state index contributed by atoms with van der Waals surface area (Å²) >= 11 is 0. The van der Waals surface area contributed by atoms with Gasteiger partial charge in [0, 0.05) is 7.11 Å². The van der Waals surface area contributed by atoms with Gasteiger partial charge in [-0.05, 0) is 6.42 Å². The van der Waals surface area contributed by atoms with Gasteiger partial charge in [-0.25, -0.2) is 4.57 Å². The van der Waals surface area contributed by atoms with Gasteiger partial charge in [-0.3, -0.25) is 25.0 Å². The highest BCUT2D eigenvalue weighted by Gasteiger charge is 2.56. The van der Waals surface area contributed by atoms with Crippen LogP contribution < -0.4 is 10.9 Å². The molecule has 6 aliphatic heterocycles. The Morgan fingerprint density at radius 1 is 0.407 bits per heavy atom. The van der Waals surface area contributed by atoms with Crippen molar-refractivity contribution in [2.75, 3.05) is 53.4 Å². The molecule has 0 aromatic rings. The third-order valence-corrected chi connectivity index (χ3v) is 14.3. The molecule has 0 spiro atoms. The zero-order valence-corrected chi connectivity index (χ0v) is 43.8. The van der Waals surface area contributed by atoms with Crippen LogP contribution in [0.4, 0.5) is 0 Å². The molecule has 6 fully saturated rings. The third-order valence-electron chi connectivity index (χ3n) is 13.8. The van der Waals surface area contributed by atoms with E-state index in [2.05, 4.69) is 9.26 Å². The zero-order valence-electron chi connectivity index (χ0n) is 42.9. The third kappa shape index (κ3) is 16.5. The molecule has 81 heavy (non-hydrogen) atoms. The number of rotatable bonds is 23. The van der Waals surface area contributed by atoms with Crippen molar-refractivity contribution < 1.29 is 177 Å². The highest BCUT2D eigenvalue weighted by atomic mass is 31.2. The molecule has 6 aliphatic rings. The van der Waals surface area contributed by atoms with E-state index < -0.39 is 250 Å². The van der Waals surface area contributed by atoms with Gasteiger partial charge in [0.15, 0.2) is 37.7 Å². The number of aliphatic hydroxyl groups is 17. The van der Waals surface area contributed by atoms with Crippen LogP contribution in [0.2, 0.25) is 0 Å². The van der Waals surface area contributed by atoms with Gasteiger partial charge >= 0.3 is 7.82 Å². The summed E-state index contributed by atoms with van der Waals surface area (Å²) in [6.07, 6.45) is -58.9. The molecule has 30 atom stereocenters. The van der Waals surface area contributed by atoms with Crippen LogP contribution in [0.1, 0.15) is 13.3 Å². The first-order valence-corrected chi connectivity index (χ1v) is 26.6. The van der Waals surface area contributed by atoms with Crippen LogP contribution in [0, 0.1) is 0 Å². The van der Waals surface area contributed by atoms with Crippen molar-refractivity contribution in [2.24, 2.45) is 0 Å². The standard InChI is InChI=1S/C42H73N2O36P/c1-3-11-19(49)25(55)31(61)39(72-11)79-35-28(58)20(50)12(4-45)73-41(35)69-6-14-22(52)26(56)30(60)37(75-14)68-7-15-24(54)34(33(63)38(76-15)70-10-18(48)44-43-17(47)9-67-2)78-42-36(29(59)21(51)13(5-46)74-42)80-40-32(62)27(57)23(53)16(77-40)8-71-81(64,65)66/h11-16,19-42,45-46,49-63H,3-10H2,1-2H3,(H,43,47)(H,44,48)(H2,64,65,66)/t11?,12?,13?,14?,15?,16?,19-,20-,21-,22-,23-,24-,25+,26+,27+,28+,29+,30?,31?,32?,33?,34+,35?,36?,37+,38-,39+,40-,41+,42+/m1/s1. The van der Waals surface area contributed by atoms with Gasteiger partial charge in [-0.2, -0.15) is 0 Å². The van der Waals surface area contributed by atoms with Crippen LogP contribution in [-0.4, -0.2) is 346 Å². The number of aliphatic hydroxyl groups excluding tert-OH is 17. The summed E-state index contributed by atoms with van der Waals surface area (Å²) in [5, 5.41) is 184. The number of carbonyl (C=O) groups is 2. The molecule has 6 rings (SSSR count). The van der Waals surface area contributed by atoms with Crippen molar-refractivity contribution in [3.8, 4) is 0 Å². The Morgan fingerprint density at radius 3 is 1.27 bits per heavy atom. The van der Waals surface area contributed by atoms with E-state index in [1.807, 2.05) is 10.9 Å². The maximum absolute atomic E-state index is 12.7. The summed E-state index contributed by atoms with van der Waals surface area (Å²) in [5.41, 5.74) is 3.96. The maximum Gasteiger partial charge on any atom is 0.469 e. The Morgan fingerprint density at radius 2 is 0.778 bits per heavy atom. The predicted octanol–water partition coefficient (Wildman–Crippen LogP) is -13.7. The van der Waals surface area contributed by atoms with Gasteiger partial charge in [0.25, 0.3) is 11.8 Å². The molecule has 0 bridgehead atoms. The van der Waals surface area contributed by atoms with Gasteiger partial charge in [0.1, 0.15) is 154 Å². The number of hydrazine groups is 1. The van der Waals surface area contributed by atoms with Gasteiger partial charge in [0.05, 0.1) is 39.1 Å². The van der Waals surface area contributed by atoms with Crippen molar-refractivity contribution in [1.29, 1.82) is 0 Å². The fourth-order valence-electron chi connectivity index (χ4n) is 9.22. The predicted molar refractivity (Wildman–Crippen MR) is 245 cm³/mol. The topological polar surface area (TPSA) is 589 Å². The SMILES string of the molecule is CCC1O[C@@H](OC2[C@@H](OCC3O[C@H](OCC4O[C@@H](OCC(=O)NNC(=O)COC)C(O)[C@@H](O[C@@H]5OC(CO)[C@@H](O)[C@H](O)C5O[C@H]5OC(COP(=O)(O)O)[C@@H](O)[C@H](O)C5O)[C@@H]4O)C(O)[C@@H](O)[C@@H]3O)OC(CO)[C@@H](O)[C@@H]2O)C(O)[C@@H](O)[C@@H]1O. The van der Waals surface area contributed by atoms with Crippen LogP contribution in [-0.2, 0) is 80.3 Å². The number of hydrogen-bond acceptors (Lipinski definition) is 34. The summed E-state index contributed by atoms with van der Waals surface area (Å²) in [5.74, 6) is -1.90. The van der Waals surface area contributed by atoms with E-state index in [-0.39, 0.29) is 6.42 Å². The molecule has 472 valence electrons. The number of carbonyl (C=O) groups excluding carboxylic acids is 2. The van der Waals surface area contributed by atoms with Crippen molar-refractivity contribution in [2.45, 2.75) is 198 Å². The first-order valence-electron chi connectivity index (χ1n) is 25.1. The smallest absolute Gasteiger partial charge is 0.394 e. The molecular weight excluding hydrogens is 1140 g/mol. The van der Waals surface area contributed by atoms with Crippen molar-refractivity contribution in [3.05, 3.63) is 0 Å². The van der Waals surface area contributed by atoms with Gasteiger partial charge in [-0.1, -0.05) is 6.92 Å². The molecule has 21 N–H and O–H groups in total. The van der Waals surface area contributed by atoms with E-state index in [1.54, 1.807) is 6.92 Å². The zero-order chi connectivity index (χ0) is 59.9. The second-order valence-corrected chi connectivity index (χ2v) is 20.7. The van der Waals surface area contributed by atoms with E-state index in [1.165, 1.54) is 7.11 Å². The average Bonchev–Trinajstić information content (AvgIpc) is 3.57. The van der Waals surface area contributed by atoms with Gasteiger partial charge in [0.2, 0.25) is 0 Å². The summed E-state index contributed by atoms with van der Waals surface area (Å²) < 4.78 is 88.3. The van der Waals surface area contributed by atoms with Crippen molar-refractivity contribution >= 4 is 19.6 Å². The molecular formula is C42H73N2O36P. The van der Waals surface area contributed by atoms with Crippen molar-refractivity contribution in [1.82, 2.24) is 10.9 Å². The highest BCUT2D eigenvalue weighted by molar-refractivity contribution is 7.46. The first kappa shape index (κ1) is 68.0. The summed E-state index contributed by atoms with van der Waals surface area (Å²) in [4.78, 5) is 42.9. The fraction of sp³-hybridized carbons (Fsp3) is 0.952. The monoisotopic (exact) mass is 1210 g/mol. The number of phosphoric acid groups is 1. The quantitative estimate of drug-likeness (QED) is 0.0334. The number of amides is 2. The number of methoxy groups -OCH3 is 1. The molecule has 12 unspecified atom stereocenters. The second-order valence-electron chi connectivity index (χ2n) is 19.5. The van der Waals surface area contributed by atoms with Crippen molar-refractivity contribution in [3.63, 3.8) is 0 Å². The fourth-order valence-corrected chi connectivity index (χ4v) is 9.57. The molecule has 6 saturated heterocycles. The summed E-state index contributed by atoms with van der Waals surface area (Å²) in [6, 6.07) is 0. The van der Waals surface area contributed by atoms with Crippen LogP contribution in [0.15, 0.2) is 0 Å². The Balaban J connectivity index is 1.21. The normalized spacial score (nSPS) is 46.2. The van der Waals surface area contributed by atoms with Crippen LogP contribution >= 0.6 is 7.82 Å². The average molecular weight is 1210 g/mol. The Bertz CT molecular complexity index is 2000. The number of ether oxygens (including phenoxy) is 13. The van der Waals surface area contributed by atoms with E-state index in [0.717, 1.165) is 0 Å². The lowest BCUT2D eigenvalue weighted by Gasteiger charge is -2.48. The van der Waals surface area contributed by atoms with Gasteiger partial charge in [-0.15, -0.1) is 0 Å². The molecule has 39 heteroatoms. The van der Waals surface area contributed by atoms with Gasteiger partial charge < -0.3 is 158 Å². The molecule has 2 amide bonds. The Hall–Kier alpha value is -2.15. The van der Waals surface area contributed by atoms with E-state index in [9.17, 15) is 111 Å². The van der Waals surface area contributed by atoms with E-state index >= 15 is 0 Å². The molecule has 6 heterocycles. The summed E-state index contributed by atoms with van der Waals surface area (Å²) in [7, 11) is -4.04. The lowest BCUT2D eigenvalue weighted by molar-refractivity contribution is -0.390. The minimum absolute atomic E-state index is 0.107. The molecule has 0 aromatic heterocycles. The maximum atomic E-state index is 12.7. The van der Waals surface area contributed by atoms with E-state index in [4.69, 9.17) is 56.8 Å².